The number of hydrazone groups is 1. The Balaban J connectivity index is 1.64. The predicted molar refractivity (Wildman–Crippen MR) is 104 cm³/mol. The fourth-order valence-corrected chi connectivity index (χ4v) is 3.40. The summed E-state index contributed by atoms with van der Waals surface area (Å²) in [5.41, 5.74) is 6.84. The van der Waals surface area contributed by atoms with Gasteiger partial charge in [-0.15, -0.1) is 0 Å². The van der Waals surface area contributed by atoms with Gasteiger partial charge in [-0.3, -0.25) is 5.43 Å². The molecule has 130 valence electrons. The first-order chi connectivity index (χ1) is 12.7. The van der Waals surface area contributed by atoms with Crippen LogP contribution in [0.4, 0.5) is 5.82 Å². The third-order valence-electron chi connectivity index (χ3n) is 4.22. The Morgan fingerprint density at radius 3 is 2.65 bits per heavy atom. The summed E-state index contributed by atoms with van der Waals surface area (Å²) < 4.78 is 1.88. The Morgan fingerprint density at radius 2 is 1.92 bits per heavy atom. The van der Waals surface area contributed by atoms with E-state index in [2.05, 4.69) is 25.6 Å². The zero-order valence-corrected chi connectivity index (χ0v) is 15.0. The number of nitrogens with one attached hydrogen (secondary N) is 1. The Bertz CT molecular complexity index is 976. The van der Waals surface area contributed by atoms with Crippen LogP contribution in [0.3, 0.4) is 0 Å². The van der Waals surface area contributed by atoms with E-state index in [1.165, 1.54) is 0 Å². The molecule has 0 amide bonds. The second-order valence-corrected chi connectivity index (χ2v) is 6.31. The molecule has 0 bridgehead atoms. The quantitative estimate of drug-likeness (QED) is 0.562. The first-order valence-corrected chi connectivity index (χ1v) is 8.71. The first kappa shape index (κ1) is 16.5. The lowest BCUT2D eigenvalue weighted by molar-refractivity contribution is 0.760. The molecule has 0 fully saturated rings. The lowest BCUT2D eigenvalue weighted by Crippen LogP contribution is -2.09. The summed E-state index contributed by atoms with van der Waals surface area (Å²) in [5, 5.41) is 9.60. The van der Waals surface area contributed by atoms with Gasteiger partial charge in [-0.05, 0) is 49.6 Å². The summed E-state index contributed by atoms with van der Waals surface area (Å²) in [7, 11) is 0. The van der Waals surface area contributed by atoms with Crippen molar-refractivity contribution in [1.29, 1.82) is 0 Å². The number of nitrogens with zero attached hydrogens (tertiary/aromatic N) is 5. The van der Waals surface area contributed by atoms with Crippen molar-refractivity contribution in [1.82, 2.24) is 19.7 Å². The van der Waals surface area contributed by atoms with Crippen molar-refractivity contribution in [2.45, 2.75) is 19.8 Å². The van der Waals surface area contributed by atoms with Crippen LogP contribution < -0.4 is 5.43 Å². The molecule has 7 heteroatoms. The molecule has 3 aromatic rings. The van der Waals surface area contributed by atoms with Crippen LogP contribution in [0.15, 0.2) is 59.5 Å². The van der Waals surface area contributed by atoms with Gasteiger partial charge >= 0.3 is 0 Å². The maximum Gasteiger partial charge on any atom is 0.153 e. The fourth-order valence-electron chi connectivity index (χ4n) is 3.01. The van der Waals surface area contributed by atoms with Crippen molar-refractivity contribution >= 4 is 28.7 Å². The second kappa shape index (κ2) is 7.09. The molecule has 1 N–H and O–H groups in total. The number of pyridine rings is 2. The number of allylic oxidation sites excluding steroid dienone is 1. The van der Waals surface area contributed by atoms with E-state index in [-0.39, 0.29) is 0 Å². The summed E-state index contributed by atoms with van der Waals surface area (Å²) in [5.74, 6) is 1.49. The number of fused-ring (bicyclic) bond motifs is 1. The smallest absolute Gasteiger partial charge is 0.153 e. The van der Waals surface area contributed by atoms with E-state index in [0.29, 0.717) is 10.9 Å². The van der Waals surface area contributed by atoms with Crippen molar-refractivity contribution in [2.24, 2.45) is 5.10 Å². The number of aryl methyl sites for hydroxylation is 1. The number of anilines is 1. The van der Waals surface area contributed by atoms with Gasteiger partial charge in [0.2, 0.25) is 0 Å². The minimum atomic E-state index is 0.691. The SMILES string of the molecule is Cc1nn(-c2ccccn2)c2c1C(Cl)=C(C=NNc1ccccn1)CC2. The molecule has 0 saturated carbocycles. The van der Waals surface area contributed by atoms with E-state index < -0.39 is 0 Å². The maximum atomic E-state index is 6.67. The monoisotopic (exact) mass is 364 g/mol. The van der Waals surface area contributed by atoms with Crippen molar-refractivity contribution in [2.75, 3.05) is 5.43 Å². The number of aromatic nitrogens is 4. The average molecular weight is 365 g/mol. The lowest BCUT2D eigenvalue weighted by Gasteiger charge is -2.16. The van der Waals surface area contributed by atoms with Gasteiger partial charge in [-0.1, -0.05) is 23.7 Å². The fraction of sp³-hybridized carbons (Fsp3) is 0.158. The van der Waals surface area contributed by atoms with Gasteiger partial charge in [0.1, 0.15) is 5.82 Å². The third-order valence-corrected chi connectivity index (χ3v) is 4.65. The summed E-state index contributed by atoms with van der Waals surface area (Å²) in [6.45, 7) is 1.97. The van der Waals surface area contributed by atoms with E-state index in [0.717, 1.165) is 41.2 Å². The van der Waals surface area contributed by atoms with E-state index in [9.17, 15) is 0 Å². The Labute approximate surface area is 156 Å². The molecule has 0 unspecified atom stereocenters. The van der Waals surface area contributed by atoms with Crippen LogP contribution in [0, 0.1) is 6.92 Å². The summed E-state index contributed by atoms with van der Waals surface area (Å²) in [4.78, 5) is 8.57. The Hall–Kier alpha value is -2.99. The molecule has 0 aliphatic heterocycles. The lowest BCUT2D eigenvalue weighted by atomic mass is 9.96. The normalized spacial score (nSPS) is 13.9. The van der Waals surface area contributed by atoms with Gasteiger partial charge in [0.05, 0.1) is 22.6 Å². The third kappa shape index (κ3) is 3.11. The van der Waals surface area contributed by atoms with Gasteiger partial charge in [0.25, 0.3) is 0 Å². The zero-order valence-electron chi connectivity index (χ0n) is 14.2. The molecule has 26 heavy (non-hydrogen) atoms. The Morgan fingerprint density at radius 1 is 1.12 bits per heavy atom. The van der Waals surface area contributed by atoms with Crippen LogP contribution in [-0.4, -0.2) is 26.0 Å². The van der Waals surface area contributed by atoms with Crippen molar-refractivity contribution in [3.8, 4) is 5.82 Å². The number of rotatable bonds is 4. The molecule has 0 radical (unpaired) electrons. The zero-order chi connectivity index (χ0) is 17.9. The van der Waals surface area contributed by atoms with Gasteiger partial charge in [0, 0.05) is 18.0 Å². The van der Waals surface area contributed by atoms with E-state index in [1.54, 1.807) is 18.6 Å². The van der Waals surface area contributed by atoms with Crippen molar-refractivity contribution in [3.63, 3.8) is 0 Å². The van der Waals surface area contributed by atoms with Crippen molar-refractivity contribution < 1.29 is 0 Å². The van der Waals surface area contributed by atoms with Crippen molar-refractivity contribution in [3.05, 3.63) is 71.3 Å². The van der Waals surface area contributed by atoms with Gasteiger partial charge in [-0.25, -0.2) is 14.6 Å². The van der Waals surface area contributed by atoms with Gasteiger partial charge in [-0.2, -0.15) is 10.2 Å². The number of hydrogen-bond acceptors (Lipinski definition) is 5. The molecule has 1 aliphatic carbocycles. The molecular formula is C19H17ClN6. The highest BCUT2D eigenvalue weighted by atomic mass is 35.5. The standard InChI is InChI=1S/C19H17ClN6/c1-13-18-15(26(25-13)17-7-3-5-11-22-17)9-8-14(19(18)20)12-23-24-16-6-2-4-10-21-16/h2-7,10-12H,8-9H2,1H3,(H,21,24). The highest BCUT2D eigenvalue weighted by Crippen LogP contribution is 2.36. The molecule has 3 aromatic heterocycles. The van der Waals surface area contributed by atoms with E-state index in [4.69, 9.17) is 11.6 Å². The molecule has 0 atom stereocenters. The highest BCUT2D eigenvalue weighted by Gasteiger charge is 2.25. The molecule has 0 saturated heterocycles. The first-order valence-electron chi connectivity index (χ1n) is 8.33. The van der Waals surface area contributed by atoms with Crippen LogP contribution in [-0.2, 0) is 6.42 Å². The van der Waals surface area contributed by atoms with Gasteiger partial charge < -0.3 is 0 Å². The second-order valence-electron chi connectivity index (χ2n) is 5.93. The minimum Gasteiger partial charge on any atom is -0.261 e. The summed E-state index contributed by atoms with van der Waals surface area (Å²) >= 11 is 6.67. The molecule has 3 heterocycles. The number of halogens is 1. The van der Waals surface area contributed by atoms with Crippen LogP contribution in [0.25, 0.3) is 10.9 Å². The molecule has 0 spiro atoms. The predicted octanol–water partition coefficient (Wildman–Crippen LogP) is 3.96. The number of hydrogen-bond donors (Lipinski definition) is 1. The van der Waals surface area contributed by atoms with Crippen LogP contribution in [0.1, 0.15) is 23.4 Å². The largest absolute Gasteiger partial charge is 0.261 e. The maximum absolute atomic E-state index is 6.67. The molecule has 0 aromatic carbocycles. The van der Waals surface area contributed by atoms with Crippen LogP contribution in [0.5, 0.6) is 0 Å². The summed E-state index contributed by atoms with van der Waals surface area (Å²) in [6.07, 6.45) is 6.86. The molecule has 1 aliphatic rings. The molecule has 4 rings (SSSR count). The van der Waals surface area contributed by atoms with E-state index in [1.807, 2.05) is 48.0 Å². The highest BCUT2D eigenvalue weighted by molar-refractivity contribution is 6.51. The van der Waals surface area contributed by atoms with Crippen LogP contribution >= 0.6 is 11.6 Å². The van der Waals surface area contributed by atoms with E-state index >= 15 is 0 Å². The summed E-state index contributed by atoms with van der Waals surface area (Å²) in [6, 6.07) is 11.4. The topological polar surface area (TPSA) is 68.0 Å². The van der Waals surface area contributed by atoms with Gasteiger partial charge in [0.15, 0.2) is 5.82 Å². The molecular weight excluding hydrogens is 348 g/mol. The Kier molecular flexibility index (Phi) is 4.50. The average Bonchev–Trinajstić information content (AvgIpc) is 3.02. The molecule has 6 nitrogen and oxygen atoms in total. The van der Waals surface area contributed by atoms with Crippen LogP contribution in [0.2, 0.25) is 0 Å². The minimum absolute atomic E-state index is 0.691.